The summed E-state index contributed by atoms with van der Waals surface area (Å²) in [6, 6.07) is 1.90. The Morgan fingerprint density at radius 3 is 2.81 bits per heavy atom. The molecule has 1 aliphatic rings. The number of rotatable bonds is 1. The smallest absolute Gasteiger partial charge is 0.252 e. The van der Waals surface area contributed by atoms with E-state index in [9.17, 15) is 9.59 Å². The molecule has 2 amide bonds. The topological polar surface area (TPSA) is 49.4 Å². The first-order chi connectivity index (χ1) is 7.50. The van der Waals surface area contributed by atoms with Gasteiger partial charge in [-0.15, -0.1) is 0 Å². The molecule has 0 bridgehead atoms. The van der Waals surface area contributed by atoms with Crippen molar-refractivity contribution in [1.29, 1.82) is 0 Å². The van der Waals surface area contributed by atoms with Crippen molar-refractivity contribution in [2.75, 3.05) is 11.4 Å². The first kappa shape index (κ1) is 11.1. The van der Waals surface area contributed by atoms with E-state index in [2.05, 4.69) is 5.32 Å². The molecule has 1 saturated heterocycles. The van der Waals surface area contributed by atoms with E-state index in [1.165, 1.54) is 0 Å². The number of thiophene rings is 1. The van der Waals surface area contributed by atoms with E-state index in [-0.39, 0.29) is 11.8 Å². The van der Waals surface area contributed by atoms with Gasteiger partial charge in [0.2, 0.25) is 5.91 Å². The maximum absolute atomic E-state index is 12.2. The number of carbonyl (C=O) groups excluding carboxylic acids is 2. The molecular formula is C11H14N2O2S. The molecule has 0 aliphatic carbocycles. The largest absolute Gasteiger partial charge is 0.342 e. The Kier molecular flexibility index (Phi) is 2.71. The number of anilines is 1. The number of hydrogen-bond acceptors (Lipinski definition) is 3. The highest BCUT2D eigenvalue weighted by Gasteiger charge is 2.37. The quantitative estimate of drug-likeness (QED) is 0.803. The van der Waals surface area contributed by atoms with Crippen LogP contribution in [-0.2, 0) is 9.59 Å². The molecule has 2 heterocycles. The molecule has 1 aliphatic heterocycles. The van der Waals surface area contributed by atoms with Gasteiger partial charge in [-0.2, -0.15) is 11.3 Å². The van der Waals surface area contributed by atoms with Crippen LogP contribution in [0, 0.1) is 0 Å². The minimum Gasteiger partial charge on any atom is -0.342 e. The molecule has 4 nitrogen and oxygen atoms in total. The molecule has 1 fully saturated rings. The average molecular weight is 238 g/mol. The summed E-state index contributed by atoms with van der Waals surface area (Å²) < 4.78 is 0. The van der Waals surface area contributed by atoms with E-state index >= 15 is 0 Å². The molecule has 86 valence electrons. The minimum atomic E-state index is -0.824. The zero-order valence-corrected chi connectivity index (χ0v) is 10.1. The van der Waals surface area contributed by atoms with Gasteiger partial charge in [-0.3, -0.25) is 9.59 Å². The van der Waals surface area contributed by atoms with Gasteiger partial charge < -0.3 is 10.2 Å². The van der Waals surface area contributed by atoms with Gasteiger partial charge in [0.25, 0.3) is 5.91 Å². The van der Waals surface area contributed by atoms with Crippen LogP contribution in [-0.4, -0.2) is 23.9 Å². The molecular weight excluding hydrogens is 224 g/mol. The summed E-state index contributed by atoms with van der Waals surface area (Å²) in [5.74, 6) is -0.132. The summed E-state index contributed by atoms with van der Waals surface area (Å²) >= 11 is 1.54. The molecule has 1 aromatic heterocycles. The van der Waals surface area contributed by atoms with Crippen molar-refractivity contribution in [3.8, 4) is 0 Å². The zero-order valence-electron chi connectivity index (χ0n) is 9.32. The third-order valence-corrected chi connectivity index (χ3v) is 3.28. The van der Waals surface area contributed by atoms with E-state index in [4.69, 9.17) is 0 Å². The molecule has 1 aromatic rings. The molecule has 0 saturated carbocycles. The molecule has 0 aromatic carbocycles. The van der Waals surface area contributed by atoms with Gasteiger partial charge in [-0.25, -0.2) is 0 Å². The average Bonchev–Trinajstić information content (AvgIpc) is 2.67. The minimum absolute atomic E-state index is 0.0586. The van der Waals surface area contributed by atoms with Gasteiger partial charge in [-0.05, 0) is 25.3 Å². The highest BCUT2D eigenvalue weighted by Crippen LogP contribution is 2.23. The van der Waals surface area contributed by atoms with Gasteiger partial charge in [0.05, 0.1) is 5.69 Å². The van der Waals surface area contributed by atoms with Crippen molar-refractivity contribution < 1.29 is 9.59 Å². The summed E-state index contributed by atoms with van der Waals surface area (Å²) in [7, 11) is 0. The summed E-state index contributed by atoms with van der Waals surface area (Å²) in [5, 5.41) is 6.58. The van der Waals surface area contributed by atoms with E-state index in [0.29, 0.717) is 13.0 Å². The van der Waals surface area contributed by atoms with Crippen LogP contribution in [0.5, 0.6) is 0 Å². The molecule has 16 heavy (non-hydrogen) atoms. The number of amides is 2. The van der Waals surface area contributed by atoms with Crippen LogP contribution < -0.4 is 10.2 Å². The fraction of sp³-hybridized carbons (Fsp3) is 0.455. The highest BCUT2D eigenvalue weighted by atomic mass is 32.1. The molecule has 2 rings (SSSR count). The van der Waals surface area contributed by atoms with Crippen LogP contribution in [0.3, 0.4) is 0 Å². The summed E-state index contributed by atoms with van der Waals surface area (Å²) in [4.78, 5) is 25.4. The third kappa shape index (κ3) is 1.95. The van der Waals surface area contributed by atoms with Crippen molar-refractivity contribution in [3.63, 3.8) is 0 Å². The van der Waals surface area contributed by atoms with Crippen LogP contribution in [0.2, 0.25) is 0 Å². The van der Waals surface area contributed by atoms with Crippen molar-refractivity contribution in [3.05, 3.63) is 16.8 Å². The Labute approximate surface area is 98.3 Å². The van der Waals surface area contributed by atoms with Crippen LogP contribution >= 0.6 is 11.3 Å². The standard InChI is InChI=1S/C11H14N2O2S/c1-11(2)10(15)13(5-3-9(14)12-11)8-4-6-16-7-8/h4,6-7H,3,5H2,1-2H3,(H,12,14). The maximum atomic E-state index is 12.2. The second-order valence-electron chi connectivity index (χ2n) is 4.36. The van der Waals surface area contributed by atoms with Gasteiger partial charge in [0.1, 0.15) is 5.54 Å². The first-order valence-corrected chi connectivity index (χ1v) is 6.10. The van der Waals surface area contributed by atoms with Crippen LogP contribution in [0.1, 0.15) is 20.3 Å². The summed E-state index contributed by atoms with van der Waals surface area (Å²) in [6.07, 6.45) is 0.352. The van der Waals surface area contributed by atoms with Crippen molar-refractivity contribution >= 4 is 28.8 Å². The molecule has 0 atom stereocenters. The Hall–Kier alpha value is -1.36. The zero-order chi connectivity index (χ0) is 11.8. The molecule has 1 N–H and O–H groups in total. The van der Waals surface area contributed by atoms with Crippen LogP contribution in [0.25, 0.3) is 0 Å². The van der Waals surface area contributed by atoms with E-state index in [1.807, 2.05) is 16.8 Å². The van der Waals surface area contributed by atoms with Gasteiger partial charge in [0.15, 0.2) is 0 Å². The first-order valence-electron chi connectivity index (χ1n) is 5.16. The second kappa shape index (κ2) is 3.90. The number of hydrogen-bond donors (Lipinski definition) is 1. The number of carbonyl (C=O) groups is 2. The number of nitrogens with zero attached hydrogens (tertiary/aromatic N) is 1. The monoisotopic (exact) mass is 238 g/mol. The highest BCUT2D eigenvalue weighted by molar-refractivity contribution is 7.08. The van der Waals surface area contributed by atoms with E-state index in [1.54, 1.807) is 30.1 Å². The molecule has 5 heteroatoms. The van der Waals surface area contributed by atoms with Gasteiger partial charge in [0, 0.05) is 18.3 Å². The van der Waals surface area contributed by atoms with Crippen molar-refractivity contribution in [1.82, 2.24) is 5.32 Å². The lowest BCUT2D eigenvalue weighted by Gasteiger charge is -2.28. The summed E-state index contributed by atoms with van der Waals surface area (Å²) in [6.45, 7) is 3.92. The molecule has 0 unspecified atom stereocenters. The Bertz CT molecular complexity index is 412. The second-order valence-corrected chi connectivity index (χ2v) is 5.14. The Morgan fingerprint density at radius 1 is 1.44 bits per heavy atom. The predicted molar refractivity (Wildman–Crippen MR) is 63.5 cm³/mol. The SMILES string of the molecule is CC1(C)NC(=O)CCN(c2ccsc2)C1=O. The lowest BCUT2D eigenvalue weighted by molar-refractivity contribution is -0.128. The van der Waals surface area contributed by atoms with E-state index < -0.39 is 5.54 Å². The molecule has 0 radical (unpaired) electrons. The van der Waals surface area contributed by atoms with Crippen molar-refractivity contribution in [2.45, 2.75) is 25.8 Å². The van der Waals surface area contributed by atoms with Gasteiger partial charge >= 0.3 is 0 Å². The fourth-order valence-corrected chi connectivity index (χ4v) is 2.42. The predicted octanol–water partition coefficient (Wildman–Crippen LogP) is 1.38. The normalized spacial score (nSPS) is 20.5. The van der Waals surface area contributed by atoms with Crippen LogP contribution in [0.15, 0.2) is 16.8 Å². The maximum Gasteiger partial charge on any atom is 0.252 e. The van der Waals surface area contributed by atoms with Gasteiger partial charge in [-0.1, -0.05) is 0 Å². The van der Waals surface area contributed by atoms with Crippen LogP contribution in [0.4, 0.5) is 5.69 Å². The number of nitrogens with one attached hydrogen (secondary N) is 1. The lowest BCUT2D eigenvalue weighted by Crippen LogP contribution is -2.52. The Morgan fingerprint density at radius 2 is 2.19 bits per heavy atom. The third-order valence-electron chi connectivity index (χ3n) is 2.61. The Balaban J connectivity index is 2.32. The van der Waals surface area contributed by atoms with E-state index in [0.717, 1.165) is 5.69 Å². The fourth-order valence-electron chi connectivity index (χ4n) is 1.77. The summed E-state index contributed by atoms with van der Waals surface area (Å²) in [5.41, 5.74) is 0.0507. The lowest BCUT2D eigenvalue weighted by atomic mass is 10.0. The molecule has 0 spiro atoms. The van der Waals surface area contributed by atoms with Crippen molar-refractivity contribution in [2.24, 2.45) is 0 Å².